The summed E-state index contributed by atoms with van der Waals surface area (Å²) in [4.78, 5) is 49.1. The van der Waals surface area contributed by atoms with Gasteiger partial charge in [-0.05, 0) is 55.6 Å². The number of carboxylic acid groups (broad SMARTS) is 1. The first-order valence-electron chi connectivity index (χ1n) is 15.2. The van der Waals surface area contributed by atoms with Gasteiger partial charge in [0, 0.05) is 18.9 Å². The van der Waals surface area contributed by atoms with Gasteiger partial charge >= 0.3 is 12.1 Å². The summed E-state index contributed by atoms with van der Waals surface area (Å²) < 4.78 is 48.8. The molecular formula is C31H40F2N4O7. The van der Waals surface area contributed by atoms with E-state index in [0.29, 0.717) is 25.0 Å². The fraction of sp³-hybridized carbons (Fsp3) is 0.645. The van der Waals surface area contributed by atoms with Crippen molar-refractivity contribution in [2.45, 2.75) is 102 Å². The van der Waals surface area contributed by atoms with E-state index >= 15 is 8.78 Å². The summed E-state index contributed by atoms with van der Waals surface area (Å²) in [6, 6.07) is 2.28. The molecule has 1 aromatic heterocycles. The van der Waals surface area contributed by atoms with Crippen molar-refractivity contribution in [3.63, 3.8) is 0 Å². The number of alkyl halides is 2. The molecule has 2 aliphatic heterocycles. The minimum Gasteiger partial charge on any atom is -0.497 e. The Bertz CT molecular complexity index is 1420. The molecule has 1 aromatic carbocycles. The number of hydrogen-bond acceptors (Lipinski definition) is 8. The van der Waals surface area contributed by atoms with Crippen molar-refractivity contribution < 1.29 is 42.5 Å². The Morgan fingerprint density at radius 1 is 1.09 bits per heavy atom. The number of ether oxygens (including phenoxy) is 3. The van der Waals surface area contributed by atoms with Crippen LogP contribution in [0, 0.1) is 11.3 Å². The molecule has 3 aliphatic rings. The predicted octanol–water partition coefficient (Wildman–Crippen LogP) is 5.05. The maximum absolute atomic E-state index is 15.9. The first kappa shape index (κ1) is 31.6. The number of hydrogen-bond donors (Lipinski definition) is 2. The second-order valence-corrected chi connectivity index (χ2v) is 13.1. The van der Waals surface area contributed by atoms with E-state index in [1.54, 1.807) is 39.0 Å². The molecule has 240 valence electrons. The van der Waals surface area contributed by atoms with Crippen LogP contribution < -0.4 is 14.8 Å². The molecule has 2 N–H and O–H groups in total. The van der Waals surface area contributed by atoms with Gasteiger partial charge in [-0.15, -0.1) is 0 Å². The molecule has 1 saturated carbocycles. The van der Waals surface area contributed by atoms with Crippen LogP contribution in [0.3, 0.4) is 0 Å². The zero-order valence-corrected chi connectivity index (χ0v) is 25.5. The van der Waals surface area contributed by atoms with Gasteiger partial charge in [0.2, 0.25) is 11.8 Å². The minimum absolute atomic E-state index is 0.0158. The number of nitrogens with zero attached hydrogens (tertiary/aromatic N) is 3. The van der Waals surface area contributed by atoms with Crippen LogP contribution in [0.25, 0.3) is 11.0 Å². The summed E-state index contributed by atoms with van der Waals surface area (Å²) in [5, 5.41) is 12.7. The van der Waals surface area contributed by atoms with Gasteiger partial charge < -0.3 is 29.5 Å². The molecule has 5 atom stereocenters. The molecule has 44 heavy (non-hydrogen) atoms. The Labute approximate surface area is 254 Å². The molecule has 0 spiro atoms. The number of carbonyl (C=O) groups is 3. The molecule has 13 heteroatoms. The summed E-state index contributed by atoms with van der Waals surface area (Å²) in [5.74, 6) is -5.25. The molecule has 5 rings (SSSR count). The number of fused-ring (bicyclic) bond motifs is 5. The monoisotopic (exact) mass is 618 g/mol. The average Bonchev–Trinajstić information content (AvgIpc) is 3.58. The summed E-state index contributed by atoms with van der Waals surface area (Å²) in [6.07, 6.45) is 0.806. The van der Waals surface area contributed by atoms with Gasteiger partial charge in [-0.3, -0.25) is 4.79 Å². The number of alkyl carbamates (subject to hydrolysis) is 1. The number of carboxylic acids is 1. The standard InChI is InChI=1S/C31H40F2N4O7/c1-30(2,3)25-27(38)37-16-19(15-22(37)28(39)40)43-26-24(34-20-12-11-18(42-4)14-21(20)35-26)31(32,33)13-6-5-8-17-9-7-10-23(17)44-29(41)36-25/h11-12,14,17,19,22-23,25H,5-10,13,15-16H2,1-4H3,(H,36,41)(H,39,40). The number of benzene rings is 1. The third-order valence-electron chi connectivity index (χ3n) is 8.83. The van der Waals surface area contributed by atoms with Crippen molar-refractivity contribution in [3.05, 3.63) is 23.9 Å². The Balaban J connectivity index is 1.55. The summed E-state index contributed by atoms with van der Waals surface area (Å²) in [7, 11) is 1.47. The normalized spacial score (nSPS) is 28.1. The van der Waals surface area contributed by atoms with Crippen LogP contribution in [-0.2, 0) is 20.2 Å². The Kier molecular flexibility index (Phi) is 8.86. The summed E-state index contributed by atoms with van der Waals surface area (Å²) in [6.45, 7) is 5.06. The number of aromatic nitrogens is 2. The van der Waals surface area contributed by atoms with Gasteiger partial charge in [-0.25, -0.2) is 19.6 Å². The number of carbonyl (C=O) groups excluding carboxylic acids is 2. The second kappa shape index (κ2) is 12.3. The third-order valence-corrected chi connectivity index (χ3v) is 8.83. The topological polar surface area (TPSA) is 140 Å². The lowest BCUT2D eigenvalue weighted by atomic mass is 9.85. The fourth-order valence-corrected chi connectivity index (χ4v) is 6.45. The molecule has 2 amide bonds. The van der Waals surface area contributed by atoms with Crippen molar-refractivity contribution in [2.75, 3.05) is 13.7 Å². The maximum atomic E-state index is 15.9. The summed E-state index contributed by atoms with van der Waals surface area (Å²) >= 11 is 0. The molecule has 2 fully saturated rings. The van der Waals surface area contributed by atoms with Gasteiger partial charge in [0.1, 0.15) is 30.0 Å². The molecule has 2 bridgehead atoms. The average molecular weight is 619 g/mol. The lowest BCUT2D eigenvalue weighted by Gasteiger charge is -2.35. The first-order valence-corrected chi connectivity index (χ1v) is 15.2. The first-order chi connectivity index (χ1) is 20.8. The Morgan fingerprint density at radius 3 is 2.55 bits per heavy atom. The highest BCUT2D eigenvalue weighted by Gasteiger charge is 2.47. The van der Waals surface area contributed by atoms with E-state index in [9.17, 15) is 19.5 Å². The van der Waals surface area contributed by atoms with E-state index < -0.39 is 71.6 Å². The molecule has 1 aliphatic carbocycles. The maximum Gasteiger partial charge on any atom is 0.408 e. The van der Waals surface area contributed by atoms with Crippen molar-refractivity contribution in [1.29, 1.82) is 0 Å². The van der Waals surface area contributed by atoms with E-state index in [1.165, 1.54) is 7.11 Å². The second-order valence-electron chi connectivity index (χ2n) is 13.1. The van der Waals surface area contributed by atoms with Gasteiger partial charge in [0.05, 0.1) is 24.7 Å². The van der Waals surface area contributed by atoms with Gasteiger partial charge in [-0.2, -0.15) is 8.78 Å². The smallest absolute Gasteiger partial charge is 0.408 e. The number of halogens is 2. The Hall–Kier alpha value is -3.77. The van der Waals surface area contributed by atoms with Crippen LogP contribution >= 0.6 is 0 Å². The van der Waals surface area contributed by atoms with Crippen LogP contribution in [0.4, 0.5) is 13.6 Å². The zero-order chi connectivity index (χ0) is 31.8. The van der Waals surface area contributed by atoms with Crippen LogP contribution in [0.15, 0.2) is 18.2 Å². The fourth-order valence-electron chi connectivity index (χ4n) is 6.45. The number of rotatable bonds is 2. The SMILES string of the molecule is COc1ccc2nc3c(nc2c1)OC1CC(C(=O)O)N(C1)C(=O)C(C(C)(C)C)NC(=O)OC1CCCC1CCCCC3(F)F. The van der Waals surface area contributed by atoms with Crippen molar-refractivity contribution in [3.8, 4) is 11.6 Å². The zero-order valence-electron chi connectivity index (χ0n) is 25.5. The van der Waals surface area contributed by atoms with Crippen molar-refractivity contribution in [2.24, 2.45) is 11.3 Å². The van der Waals surface area contributed by atoms with Gasteiger partial charge in [-0.1, -0.05) is 27.2 Å². The third kappa shape index (κ3) is 6.66. The van der Waals surface area contributed by atoms with Crippen LogP contribution in [0.2, 0.25) is 0 Å². The van der Waals surface area contributed by atoms with E-state index in [2.05, 4.69) is 15.3 Å². The van der Waals surface area contributed by atoms with E-state index in [4.69, 9.17) is 14.2 Å². The van der Waals surface area contributed by atoms with Gasteiger partial charge in [0.25, 0.3) is 5.92 Å². The quantitative estimate of drug-likeness (QED) is 0.473. The minimum atomic E-state index is -3.40. The lowest BCUT2D eigenvalue weighted by molar-refractivity contribution is -0.150. The van der Waals surface area contributed by atoms with E-state index in [0.717, 1.165) is 17.7 Å². The molecule has 11 nitrogen and oxygen atoms in total. The molecule has 1 saturated heterocycles. The molecular weight excluding hydrogens is 578 g/mol. The number of amides is 2. The Morgan fingerprint density at radius 2 is 1.84 bits per heavy atom. The number of aliphatic carboxylic acids is 1. The van der Waals surface area contributed by atoms with E-state index in [-0.39, 0.29) is 36.3 Å². The van der Waals surface area contributed by atoms with Crippen molar-refractivity contribution in [1.82, 2.24) is 20.2 Å². The van der Waals surface area contributed by atoms with Crippen LogP contribution in [0.5, 0.6) is 11.6 Å². The highest BCUT2D eigenvalue weighted by Crippen LogP contribution is 2.41. The van der Waals surface area contributed by atoms with Crippen molar-refractivity contribution >= 4 is 29.0 Å². The van der Waals surface area contributed by atoms with Crippen LogP contribution in [-0.4, -0.2) is 75.9 Å². The molecule has 2 aromatic rings. The molecule has 3 heterocycles. The highest BCUT2D eigenvalue weighted by molar-refractivity contribution is 5.90. The predicted molar refractivity (Wildman–Crippen MR) is 155 cm³/mol. The molecule has 0 radical (unpaired) electrons. The summed E-state index contributed by atoms with van der Waals surface area (Å²) in [5.41, 5.74) is -0.928. The van der Waals surface area contributed by atoms with E-state index in [1.807, 2.05) is 0 Å². The lowest BCUT2D eigenvalue weighted by Crippen LogP contribution is -2.57. The molecule has 5 unspecified atom stereocenters. The largest absolute Gasteiger partial charge is 0.497 e. The van der Waals surface area contributed by atoms with Crippen LogP contribution in [0.1, 0.15) is 77.8 Å². The highest BCUT2D eigenvalue weighted by atomic mass is 19.3. The van der Waals surface area contributed by atoms with Gasteiger partial charge in [0.15, 0.2) is 5.69 Å². The number of nitrogens with one attached hydrogen (secondary N) is 1. The number of methoxy groups -OCH3 is 1.